The summed E-state index contributed by atoms with van der Waals surface area (Å²) in [5.74, 6) is 0.342. The van der Waals surface area contributed by atoms with Crippen molar-refractivity contribution < 1.29 is 9.90 Å². The van der Waals surface area contributed by atoms with Gasteiger partial charge in [0.25, 0.3) is 5.91 Å². The van der Waals surface area contributed by atoms with Crippen molar-refractivity contribution in [1.82, 2.24) is 19.8 Å². The van der Waals surface area contributed by atoms with E-state index in [9.17, 15) is 9.90 Å². The molecular formula is C20H26N4O2. The Bertz CT molecular complexity index is 821. The Morgan fingerprint density at radius 3 is 2.62 bits per heavy atom. The number of amides is 1. The predicted molar refractivity (Wildman–Crippen MR) is 99.0 cm³/mol. The second-order valence-electron chi connectivity index (χ2n) is 7.80. The number of rotatable bonds is 2. The van der Waals surface area contributed by atoms with Crippen molar-refractivity contribution in [2.75, 3.05) is 27.2 Å². The van der Waals surface area contributed by atoms with E-state index in [0.29, 0.717) is 18.9 Å². The first-order chi connectivity index (χ1) is 12.4. The van der Waals surface area contributed by atoms with Crippen molar-refractivity contribution in [3.63, 3.8) is 0 Å². The van der Waals surface area contributed by atoms with Crippen LogP contribution < -0.4 is 0 Å². The molecule has 6 nitrogen and oxygen atoms in total. The average Bonchev–Trinajstić information content (AvgIpc) is 3.16. The molecule has 138 valence electrons. The van der Waals surface area contributed by atoms with Gasteiger partial charge in [-0.25, -0.2) is 4.98 Å². The van der Waals surface area contributed by atoms with Gasteiger partial charge < -0.3 is 19.9 Å². The summed E-state index contributed by atoms with van der Waals surface area (Å²) in [6.45, 7) is 3.15. The van der Waals surface area contributed by atoms with Crippen LogP contribution in [0.2, 0.25) is 0 Å². The van der Waals surface area contributed by atoms with Crippen LogP contribution in [-0.2, 0) is 5.41 Å². The zero-order valence-electron chi connectivity index (χ0n) is 15.6. The number of piperidine rings is 1. The summed E-state index contributed by atoms with van der Waals surface area (Å²) >= 11 is 0. The number of hydrogen-bond donors (Lipinski definition) is 2. The predicted octanol–water partition coefficient (Wildman–Crippen LogP) is 1.87. The van der Waals surface area contributed by atoms with E-state index >= 15 is 0 Å². The minimum atomic E-state index is -0.460. The van der Waals surface area contributed by atoms with Gasteiger partial charge >= 0.3 is 0 Å². The van der Waals surface area contributed by atoms with Crippen molar-refractivity contribution >= 4 is 5.91 Å². The van der Waals surface area contributed by atoms with Crippen LogP contribution in [0.25, 0.3) is 0 Å². The number of benzene rings is 1. The van der Waals surface area contributed by atoms with Crippen LogP contribution in [0.1, 0.15) is 46.3 Å². The molecule has 1 aliphatic carbocycles. The monoisotopic (exact) mass is 354 g/mol. The molecule has 1 fully saturated rings. The largest absolute Gasteiger partial charge is 0.390 e. The number of imidazole rings is 1. The number of aromatic amines is 1. The number of aliphatic hydroxyl groups is 1. The standard InChI is InChI=1S/C20H26N4O2/c1-13-12-21-18(22-13)19(26)24-10-8-20(9-11-24)15-7-5-4-6-14(15)16(17(20)25)23(2)3/h4-7,12,16-17,25H,8-11H2,1-3H3,(H,21,22)/t16-,17+/m1/s1. The molecule has 0 saturated carbocycles. The number of aryl methyl sites for hydroxylation is 1. The number of carbonyl (C=O) groups is 1. The fourth-order valence-electron chi connectivity index (χ4n) is 4.75. The van der Waals surface area contributed by atoms with E-state index in [1.807, 2.05) is 32.0 Å². The minimum Gasteiger partial charge on any atom is -0.390 e. The molecule has 1 aliphatic heterocycles. The SMILES string of the molecule is Cc1cnc(C(=O)N2CCC3(CC2)c2ccccc2[C@@H](N(C)C)[C@@H]3O)[nH]1. The normalized spacial score (nSPS) is 24.3. The highest BCUT2D eigenvalue weighted by molar-refractivity contribution is 5.90. The minimum absolute atomic E-state index is 0.00109. The Balaban J connectivity index is 1.59. The Labute approximate surface area is 153 Å². The highest BCUT2D eigenvalue weighted by atomic mass is 16.3. The molecule has 2 atom stereocenters. The van der Waals surface area contributed by atoms with Gasteiger partial charge in [-0.15, -0.1) is 0 Å². The van der Waals surface area contributed by atoms with Crippen molar-refractivity contribution in [3.05, 3.63) is 53.1 Å². The number of H-pyrrole nitrogens is 1. The summed E-state index contributed by atoms with van der Waals surface area (Å²) in [5.41, 5.74) is 3.07. The number of aromatic nitrogens is 2. The van der Waals surface area contributed by atoms with Gasteiger partial charge in [-0.1, -0.05) is 24.3 Å². The van der Waals surface area contributed by atoms with Gasteiger partial charge in [0.1, 0.15) is 0 Å². The zero-order chi connectivity index (χ0) is 18.5. The topological polar surface area (TPSA) is 72.5 Å². The van der Waals surface area contributed by atoms with E-state index in [2.05, 4.69) is 33.1 Å². The number of likely N-dealkylation sites (tertiary alicyclic amines) is 1. The van der Waals surface area contributed by atoms with E-state index in [1.165, 1.54) is 11.1 Å². The van der Waals surface area contributed by atoms with Crippen molar-refractivity contribution in [2.45, 2.75) is 37.3 Å². The number of nitrogens with zero attached hydrogens (tertiary/aromatic N) is 3. The van der Waals surface area contributed by atoms with Gasteiger partial charge in [0, 0.05) is 30.4 Å². The molecule has 1 aromatic heterocycles. The maximum absolute atomic E-state index is 12.7. The van der Waals surface area contributed by atoms with Crippen molar-refractivity contribution in [1.29, 1.82) is 0 Å². The number of likely N-dealkylation sites (N-methyl/N-ethyl adjacent to an activating group) is 1. The lowest BCUT2D eigenvalue weighted by Gasteiger charge is -2.43. The average molecular weight is 354 g/mol. The lowest BCUT2D eigenvalue weighted by atomic mass is 9.72. The molecule has 4 rings (SSSR count). The summed E-state index contributed by atoms with van der Waals surface area (Å²) < 4.78 is 0. The fraction of sp³-hybridized carbons (Fsp3) is 0.500. The lowest BCUT2D eigenvalue weighted by Crippen LogP contribution is -2.50. The number of nitrogens with one attached hydrogen (secondary N) is 1. The van der Waals surface area contributed by atoms with Crippen LogP contribution in [0.5, 0.6) is 0 Å². The molecule has 1 spiro atoms. The molecule has 0 radical (unpaired) electrons. The second kappa shape index (κ2) is 6.21. The Kier molecular flexibility index (Phi) is 4.12. The summed E-state index contributed by atoms with van der Waals surface area (Å²) in [5, 5.41) is 11.2. The summed E-state index contributed by atoms with van der Waals surface area (Å²) in [6.07, 6.45) is 2.75. The Morgan fingerprint density at radius 2 is 2.00 bits per heavy atom. The highest BCUT2D eigenvalue weighted by Crippen LogP contribution is 2.52. The quantitative estimate of drug-likeness (QED) is 0.864. The first-order valence-electron chi connectivity index (χ1n) is 9.19. The number of hydrogen-bond acceptors (Lipinski definition) is 4. The number of aliphatic hydroxyl groups excluding tert-OH is 1. The van der Waals surface area contributed by atoms with Crippen LogP contribution >= 0.6 is 0 Å². The molecule has 1 saturated heterocycles. The van der Waals surface area contributed by atoms with Gasteiger partial charge in [-0.3, -0.25) is 4.79 Å². The van der Waals surface area contributed by atoms with E-state index in [-0.39, 0.29) is 17.4 Å². The maximum atomic E-state index is 12.7. The van der Waals surface area contributed by atoms with E-state index < -0.39 is 6.10 Å². The van der Waals surface area contributed by atoms with E-state index in [0.717, 1.165) is 18.5 Å². The van der Waals surface area contributed by atoms with Crippen LogP contribution in [0.4, 0.5) is 0 Å². The summed E-state index contributed by atoms with van der Waals surface area (Å²) in [4.78, 5) is 23.8. The van der Waals surface area contributed by atoms with Gasteiger partial charge in [-0.2, -0.15) is 0 Å². The Hall–Kier alpha value is -2.18. The summed E-state index contributed by atoms with van der Waals surface area (Å²) in [7, 11) is 4.03. The van der Waals surface area contributed by atoms with Crippen molar-refractivity contribution in [3.8, 4) is 0 Å². The molecule has 1 amide bonds. The summed E-state index contributed by atoms with van der Waals surface area (Å²) in [6, 6.07) is 8.37. The molecule has 0 unspecified atom stereocenters. The molecule has 2 aromatic rings. The molecule has 0 bridgehead atoms. The van der Waals surface area contributed by atoms with Crippen LogP contribution in [0.3, 0.4) is 0 Å². The molecule has 26 heavy (non-hydrogen) atoms. The third-order valence-electron chi connectivity index (χ3n) is 6.09. The number of carbonyl (C=O) groups excluding carboxylic acids is 1. The van der Waals surface area contributed by atoms with Crippen molar-refractivity contribution in [2.24, 2.45) is 0 Å². The molecule has 6 heteroatoms. The molecule has 2 heterocycles. The third-order valence-corrected chi connectivity index (χ3v) is 6.09. The molecular weight excluding hydrogens is 328 g/mol. The van der Waals surface area contributed by atoms with Crippen LogP contribution in [-0.4, -0.2) is 64.1 Å². The Morgan fingerprint density at radius 1 is 1.31 bits per heavy atom. The molecule has 1 aromatic carbocycles. The van der Waals surface area contributed by atoms with Gasteiger partial charge in [0.15, 0.2) is 5.82 Å². The number of fused-ring (bicyclic) bond motifs is 2. The fourth-order valence-corrected chi connectivity index (χ4v) is 4.75. The highest BCUT2D eigenvalue weighted by Gasteiger charge is 2.53. The molecule has 2 aliphatic rings. The van der Waals surface area contributed by atoms with Crippen LogP contribution in [0.15, 0.2) is 30.5 Å². The molecule has 2 N–H and O–H groups in total. The lowest BCUT2D eigenvalue weighted by molar-refractivity contribution is -0.00163. The van der Waals surface area contributed by atoms with E-state index in [4.69, 9.17) is 0 Å². The zero-order valence-corrected chi connectivity index (χ0v) is 15.6. The van der Waals surface area contributed by atoms with E-state index in [1.54, 1.807) is 6.20 Å². The van der Waals surface area contributed by atoms with Gasteiger partial charge in [0.2, 0.25) is 0 Å². The van der Waals surface area contributed by atoms with Gasteiger partial charge in [0.05, 0.1) is 12.1 Å². The first kappa shape index (κ1) is 17.2. The second-order valence-corrected chi connectivity index (χ2v) is 7.80. The third kappa shape index (κ3) is 2.47. The van der Waals surface area contributed by atoms with Crippen LogP contribution in [0, 0.1) is 6.92 Å². The van der Waals surface area contributed by atoms with Gasteiger partial charge in [-0.05, 0) is 45.0 Å². The maximum Gasteiger partial charge on any atom is 0.289 e. The first-order valence-corrected chi connectivity index (χ1v) is 9.19. The smallest absolute Gasteiger partial charge is 0.289 e.